The summed E-state index contributed by atoms with van der Waals surface area (Å²) in [5, 5.41) is 15.0. The second-order valence-corrected chi connectivity index (χ2v) is 13.9. The minimum Gasteiger partial charge on any atom is -0.495 e. The van der Waals surface area contributed by atoms with E-state index in [2.05, 4.69) is 5.32 Å². The van der Waals surface area contributed by atoms with Crippen molar-refractivity contribution in [3.63, 3.8) is 0 Å². The van der Waals surface area contributed by atoms with Gasteiger partial charge in [-0.1, -0.05) is 74.2 Å². The van der Waals surface area contributed by atoms with Crippen molar-refractivity contribution < 1.29 is 27.7 Å². The van der Waals surface area contributed by atoms with E-state index in [1.807, 2.05) is 37.3 Å². The maximum Gasteiger partial charge on any atom is 0.273 e. The van der Waals surface area contributed by atoms with Gasteiger partial charge in [-0.15, -0.1) is 0 Å². The third-order valence-electron chi connectivity index (χ3n) is 8.48. The van der Waals surface area contributed by atoms with E-state index in [0.717, 1.165) is 48.0 Å². The summed E-state index contributed by atoms with van der Waals surface area (Å²) >= 11 is 6.31. The molecule has 0 bridgehead atoms. The Bertz CT molecular complexity index is 1680. The second-order valence-electron chi connectivity index (χ2n) is 11.6. The van der Waals surface area contributed by atoms with E-state index in [1.54, 1.807) is 0 Å². The average Bonchev–Trinajstić information content (AvgIpc) is 3.06. The van der Waals surface area contributed by atoms with E-state index in [9.17, 15) is 28.1 Å². The van der Waals surface area contributed by atoms with Crippen molar-refractivity contribution in [3.8, 4) is 5.75 Å². The van der Waals surface area contributed by atoms with Gasteiger partial charge in [0.15, 0.2) is 0 Å². The van der Waals surface area contributed by atoms with Gasteiger partial charge in [-0.25, -0.2) is 8.42 Å². The Morgan fingerprint density at radius 2 is 1.77 bits per heavy atom. The van der Waals surface area contributed by atoms with Gasteiger partial charge >= 0.3 is 0 Å². The molecule has 3 aromatic carbocycles. The first-order valence-electron chi connectivity index (χ1n) is 15.7. The fraction of sp³-hybridized carbons (Fsp3) is 0.412. The standard InChI is InChI=1S/C34H41ClN4O7S/c1-4-29(34(41)36-27-13-9-6-10-14-27)37(20-19-25-11-7-5-8-12-25)33(40)23-38(31-21-26(35)16-18-32(31)46-3)47(44,45)28-17-15-24(2)30(22-28)39(42)43/h5,7-8,11-12,15-18,21-22,27,29H,4,6,9-10,13-14,19-20,23H2,1-3H3,(H,36,41). The number of nitro benzene ring substituents is 1. The van der Waals surface area contributed by atoms with Crippen LogP contribution in [0.15, 0.2) is 71.6 Å². The second kappa shape index (κ2) is 16.1. The van der Waals surface area contributed by atoms with Gasteiger partial charge in [0.2, 0.25) is 11.8 Å². The summed E-state index contributed by atoms with van der Waals surface area (Å²) in [6.07, 6.45) is 5.61. The molecule has 0 aromatic heterocycles. The zero-order valence-corrected chi connectivity index (χ0v) is 28.4. The van der Waals surface area contributed by atoms with Crippen LogP contribution in [0.3, 0.4) is 0 Å². The van der Waals surface area contributed by atoms with Crippen LogP contribution in [0.4, 0.5) is 11.4 Å². The molecule has 1 aliphatic carbocycles. The van der Waals surface area contributed by atoms with Crippen LogP contribution in [0.2, 0.25) is 5.02 Å². The first-order valence-corrected chi connectivity index (χ1v) is 17.5. The molecule has 2 amide bonds. The molecule has 1 unspecified atom stereocenters. The van der Waals surface area contributed by atoms with Gasteiger partial charge in [-0.2, -0.15) is 0 Å². The van der Waals surface area contributed by atoms with Crippen LogP contribution in [0.1, 0.15) is 56.6 Å². The van der Waals surface area contributed by atoms with Gasteiger partial charge in [0.25, 0.3) is 15.7 Å². The average molecular weight is 685 g/mol. The zero-order chi connectivity index (χ0) is 34.1. The molecule has 252 valence electrons. The third kappa shape index (κ3) is 8.81. The molecule has 0 heterocycles. The molecule has 1 N–H and O–H groups in total. The monoisotopic (exact) mass is 684 g/mol. The van der Waals surface area contributed by atoms with Crippen molar-refractivity contribution in [2.24, 2.45) is 0 Å². The lowest BCUT2D eigenvalue weighted by Crippen LogP contribution is -2.54. The molecular formula is C34H41ClN4O7S. The number of aryl methyl sites for hydroxylation is 1. The van der Waals surface area contributed by atoms with Crippen molar-refractivity contribution in [3.05, 3.63) is 93.0 Å². The van der Waals surface area contributed by atoms with Crippen molar-refractivity contribution in [1.82, 2.24) is 10.2 Å². The molecular weight excluding hydrogens is 644 g/mol. The molecule has 3 aromatic rings. The first kappa shape index (κ1) is 35.7. The number of rotatable bonds is 14. The number of methoxy groups -OCH3 is 1. The SMILES string of the molecule is CCC(C(=O)NC1CCCCC1)N(CCc1ccccc1)C(=O)CN(c1cc(Cl)ccc1OC)S(=O)(=O)c1ccc(C)c([N+](=O)[O-])c1. The maximum atomic E-state index is 14.4. The number of nitro groups is 1. The van der Waals surface area contributed by atoms with Gasteiger partial charge in [0.1, 0.15) is 18.3 Å². The number of hydrogen-bond acceptors (Lipinski definition) is 7. The van der Waals surface area contributed by atoms with Crippen LogP contribution >= 0.6 is 11.6 Å². The number of nitrogens with one attached hydrogen (secondary N) is 1. The van der Waals surface area contributed by atoms with Crippen molar-refractivity contribution in [1.29, 1.82) is 0 Å². The fourth-order valence-electron chi connectivity index (χ4n) is 5.89. The molecule has 1 saturated carbocycles. The number of carbonyl (C=O) groups is 2. The largest absolute Gasteiger partial charge is 0.495 e. The lowest BCUT2D eigenvalue weighted by molar-refractivity contribution is -0.385. The Hall–Kier alpha value is -4.16. The topological polar surface area (TPSA) is 139 Å². The van der Waals surface area contributed by atoms with Crippen molar-refractivity contribution in [2.75, 3.05) is 24.5 Å². The molecule has 47 heavy (non-hydrogen) atoms. The lowest BCUT2D eigenvalue weighted by Gasteiger charge is -2.34. The highest BCUT2D eigenvalue weighted by Crippen LogP contribution is 2.36. The summed E-state index contributed by atoms with van der Waals surface area (Å²) in [4.78, 5) is 40.2. The number of anilines is 1. The fourth-order valence-corrected chi connectivity index (χ4v) is 7.49. The summed E-state index contributed by atoms with van der Waals surface area (Å²) in [7, 11) is -3.25. The quantitative estimate of drug-likeness (QED) is 0.161. The molecule has 11 nitrogen and oxygen atoms in total. The summed E-state index contributed by atoms with van der Waals surface area (Å²) in [5.74, 6) is -0.797. The molecule has 0 aliphatic heterocycles. The van der Waals surface area contributed by atoms with Crippen LogP contribution in [-0.4, -0.2) is 62.3 Å². The summed E-state index contributed by atoms with van der Waals surface area (Å²) in [5.41, 5.74) is 0.809. The number of benzene rings is 3. The van der Waals surface area contributed by atoms with E-state index in [1.165, 1.54) is 49.3 Å². The molecule has 0 spiro atoms. The Morgan fingerprint density at radius 1 is 1.06 bits per heavy atom. The number of nitrogens with zero attached hydrogens (tertiary/aromatic N) is 3. The number of amides is 2. The minimum atomic E-state index is -4.61. The zero-order valence-electron chi connectivity index (χ0n) is 26.9. The summed E-state index contributed by atoms with van der Waals surface area (Å²) < 4.78 is 35.0. The number of ether oxygens (including phenoxy) is 1. The Balaban J connectivity index is 1.77. The Labute approximate surface area is 281 Å². The van der Waals surface area contributed by atoms with Crippen LogP contribution < -0.4 is 14.4 Å². The smallest absolute Gasteiger partial charge is 0.273 e. The molecule has 13 heteroatoms. The maximum absolute atomic E-state index is 14.4. The third-order valence-corrected chi connectivity index (χ3v) is 10.5. The van der Waals surface area contributed by atoms with E-state index in [-0.39, 0.29) is 51.1 Å². The van der Waals surface area contributed by atoms with Crippen LogP contribution in [0, 0.1) is 17.0 Å². The molecule has 1 aliphatic rings. The van der Waals surface area contributed by atoms with E-state index in [4.69, 9.17) is 16.3 Å². The number of hydrogen-bond donors (Lipinski definition) is 1. The normalized spacial score (nSPS) is 14.2. The van der Waals surface area contributed by atoms with E-state index >= 15 is 0 Å². The van der Waals surface area contributed by atoms with E-state index in [0.29, 0.717) is 12.8 Å². The minimum absolute atomic E-state index is 0.0151. The number of sulfonamides is 1. The highest BCUT2D eigenvalue weighted by molar-refractivity contribution is 7.92. The van der Waals surface area contributed by atoms with Crippen LogP contribution in [-0.2, 0) is 26.0 Å². The highest BCUT2D eigenvalue weighted by Gasteiger charge is 2.36. The highest BCUT2D eigenvalue weighted by atomic mass is 35.5. The van der Waals surface area contributed by atoms with Crippen LogP contribution in [0.25, 0.3) is 0 Å². The number of halogens is 1. The predicted octanol–water partition coefficient (Wildman–Crippen LogP) is 6.06. The molecule has 0 radical (unpaired) electrons. The summed E-state index contributed by atoms with van der Waals surface area (Å²) in [6.45, 7) is 2.75. The Kier molecular flexibility index (Phi) is 12.2. The first-order chi connectivity index (χ1) is 22.5. The number of carbonyl (C=O) groups excluding carboxylic acids is 2. The molecule has 4 rings (SSSR count). The molecule has 1 fully saturated rings. The van der Waals surface area contributed by atoms with Gasteiger partial charge in [0.05, 0.1) is 22.6 Å². The Morgan fingerprint density at radius 3 is 2.40 bits per heavy atom. The van der Waals surface area contributed by atoms with Gasteiger partial charge in [-0.3, -0.25) is 24.0 Å². The van der Waals surface area contributed by atoms with Gasteiger partial charge < -0.3 is 15.0 Å². The van der Waals surface area contributed by atoms with Gasteiger partial charge in [-0.05, 0) is 62.4 Å². The molecule has 0 saturated heterocycles. The van der Waals surface area contributed by atoms with Crippen LogP contribution in [0.5, 0.6) is 5.75 Å². The lowest BCUT2D eigenvalue weighted by atomic mass is 9.95. The molecule has 1 atom stereocenters. The van der Waals surface area contributed by atoms with Crippen molar-refractivity contribution in [2.45, 2.75) is 75.8 Å². The van der Waals surface area contributed by atoms with Gasteiger partial charge in [0, 0.05) is 29.2 Å². The summed E-state index contributed by atoms with van der Waals surface area (Å²) in [6, 6.07) is 16.6. The van der Waals surface area contributed by atoms with Crippen molar-refractivity contribution >= 4 is 44.8 Å². The predicted molar refractivity (Wildman–Crippen MR) is 181 cm³/mol. The van der Waals surface area contributed by atoms with E-state index < -0.39 is 33.4 Å².